The fourth-order valence-electron chi connectivity index (χ4n) is 2.96. The molecule has 0 spiro atoms. The van der Waals surface area contributed by atoms with Gasteiger partial charge in [-0.15, -0.1) is 0 Å². The number of amides is 1. The van der Waals surface area contributed by atoms with E-state index in [0.29, 0.717) is 13.1 Å². The predicted octanol–water partition coefficient (Wildman–Crippen LogP) is 1.35. The van der Waals surface area contributed by atoms with Crippen molar-refractivity contribution >= 4 is 5.91 Å². The van der Waals surface area contributed by atoms with E-state index in [9.17, 15) is 4.79 Å². The lowest BCUT2D eigenvalue weighted by atomic mass is 9.76. The van der Waals surface area contributed by atoms with E-state index in [4.69, 9.17) is 5.73 Å². The first-order valence-corrected chi connectivity index (χ1v) is 7.23. The quantitative estimate of drug-likeness (QED) is 0.753. The van der Waals surface area contributed by atoms with Crippen molar-refractivity contribution in [3.63, 3.8) is 0 Å². The van der Waals surface area contributed by atoms with E-state index < -0.39 is 0 Å². The largest absolute Gasteiger partial charge is 0.358 e. The van der Waals surface area contributed by atoms with E-state index in [1.165, 1.54) is 12.8 Å². The number of hydrogen-bond donors (Lipinski definition) is 2. The Labute approximate surface area is 111 Å². The van der Waals surface area contributed by atoms with Crippen LogP contribution in [0.25, 0.3) is 0 Å². The van der Waals surface area contributed by atoms with Crippen molar-refractivity contribution in [2.24, 2.45) is 11.7 Å². The zero-order valence-corrected chi connectivity index (χ0v) is 12.2. The zero-order valence-electron chi connectivity index (χ0n) is 12.2. The van der Waals surface area contributed by atoms with E-state index in [1.54, 1.807) is 7.05 Å². The van der Waals surface area contributed by atoms with E-state index >= 15 is 0 Å². The maximum atomic E-state index is 11.7. The molecule has 0 heterocycles. The number of carbonyl (C=O) groups is 1. The lowest BCUT2D eigenvalue weighted by Gasteiger charge is -2.47. The summed E-state index contributed by atoms with van der Waals surface area (Å²) in [7, 11) is 1.70. The minimum atomic E-state index is 0.0506. The van der Waals surface area contributed by atoms with Crippen molar-refractivity contribution in [1.82, 2.24) is 10.2 Å². The lowest BCUT2D eigenvalue weighted by molar-refractivity contribution is -0.124. The molecule has 1 saturated carbocycles. The Kier molecular flexibility index (Phi) is 6.09. The van der Waals surface area contributed by atoms with Gasteiger partial charge < -0.3 is 11.1 Å². The van der Waals surface area contributed by atoms with Gasteiger partial charge in [-0.25, -0.2) is 0 Å². The van der Waals surface area contributed by atoms with Crippen LogP contribution in [0.1, 0.15) is 46.0 Å². The van der Waals surface area contributed by atoms with Gasteiger partial charge in [0.05, 0.1) is 6.54 Å². The molecule has 0 atom stereocenters. The van der Waals surface area contributed by atoms with Crippen molar-refractivity contribution in [1.29, 1.82) is 0 Å². The van der Waals surface area contributed by atoms with E-state index in [0.717, 1.165) is 31.7 Å². The van der Waals surface area contributed by atoms with Gasteiger partial charge in [-0.2, -0.15) is 0 Å². The molecule has 0 radical (unpaired) electrons. The van der Waals surface area contributed by atoms with Gasteiger partial charge in [0.15, 0.2) is 0 Å². The number of nitrogens with one attached hydrogen (secondary N) is 1. The van der Waals surface area contributed by atoms with Crippen LogP contribution in [-0.4, -0.2) is 43.0 Å². The Morgan fingerprint density at radius 2 is 2.06 bits per heavy atom. The van der Waals surface area contributed by atoms with Gasteiger partial charge in [0, 0.05) is 19.1 Å². The average molecular weight is 255 g/mol. The molecule has 0 unspecified atom stereocenters. The molecule has 106 valence electrons. The maximum absolute atomic E-state index is 11.7. The fraction of sp³-hybridized carbons (Fsp3) is 0.929. The summed E-state index contributed by atoms with van der Waals surface area (Å²) in [6.45, 7) is 6.57. The van der Waals surface area contributed by atoms with Crippen LogP contribution in [0.2, 0.25) is 0 Å². The molecule has 3 N–H and O–H groups in total. The van der Waals surface area contributed by atoms with Crippen LogP contribution in [0, 0.1) is 5.92 Å². The smallest absolute Gasteiger partial charge is 0.233 e. The molecule has 1 rings (SSSR count). The highest BCUT2D eigenvalue weighted by atomic mass is 16.1. The number of hydrogen-bond acceptors (Lipinski definition) is 3. The van der Waals surface area contributed by atoms with Crippen molar-refractivity contribution < 1.29 is 4.79 Å². The molecule has 1 aliphatic carbocycles. The highest BCUT2D eigenvalue weighted by Gasteiger charge is 2.38. The summed E-state index contributed by atoms with van der Waals surface area (Å²) in [4.78, 5) is 14.0. The topological polar surface area (TPSA) is 58.4 Å². The minimum absolute atomic E-state index is 0.0506. The Morgan fingerprint density at radius 3 is 2.50 bits per heavy atom. The van der Waals surface area contributed by atoms with Crippen LogP contribution in [0.15, 0.2) is 0 Å². The highest BCUT2D eigenvalue weighted by Crippen LogP contribution is 2.35. The summed E-state index contributed by atoms with van der Waals surface area (Å²) in [6, 6.07) is 0. The third-order valence-corrected chi connectivity index (χ3v) is 4.36. The summed E-state index contributed by atoms with van der Waals surface area (Å²) in [6.07, 6.45) is 5.77. The van der Waals surface area contributed by atoms with Gasteiger partial charge in [-0.1, -0.05) is 13.8 Å². The molecule has 1 fully saturated rings. The SMILES string of the molecule is CCCN(CC(=O)NC)C1(CN)CCC(C)CC1. The molecule has 1 aliphatic rings. The van der Waals surface area contributed by atoms with E-state index in [2.05, 4.69) is 24.1 Å². The molecule has 4 heteroatoms. The van der Waals surface area contributed by atoms with Gasteiger partial charge in [0.1, 0.15) is 0 Å². The maximum Gasteiger partial charge on any atom is 0.233 e. The number of likely N-dealkylation sites (N-methyl/N-ethyl adjacent to an activating group) is 1. The molecule has 18 heavy (non-hydrogen) atoms. The summed E-state index contributed by atoms with van der Waals surface area (Å²) < 4.78 is 0. The Balaban J connectivity index is 2.75. The fourth-order valence-corrected chi connectivity index (χ4v) is 2.96. The predicted molar refractivity (Wildman–Crippen MR) is 75.3 cm³/mol. The van der Waals surface area contributed by atoms with Crippen LogP contribution in [0.5, 0.6) is 0 Å². The van der Waals surface area contributed by atoms with Crippen LogP contribution in [0.3, 0.4) is 0 Å². The molecular weight excluding hydrogens is 226 g/mol. The first-order valence-electron chi connectivity index (χ1n) is 7.23. The van der Waals surface area contributed by atoms with Gasteiger partial charge in [0.2, 0.25) is 5.91 Å². The number of nitrogens with zero attached hydrogens (tertiary/aromatic N) is 1. The Bertz CT molecular complexity index is 260. The van der Waals surface area contributed by atoms with Crippen molar-refractivity contribution in [3.8, 4) is 0 Å². The molecular formula is C14H29N3O. The van der Waals surface area contributed by atoms with Gasteiger partial charge in [0.25, 0.3) is 0 Å². The molecule has 0 aromatic rings. The molecule has 0 bridgehead atoms. The first kappa shape index (κ1) is 15.4. The standard InChI is InChI=1S/C14H29N3O/c1-4-9-17(10-13(18)16-3)14(11-15)7-5-12(2)6-8-14/h12H,4-11,15H2,1-3H3,(H,16,18). The summed E-state index contributed by atoms with van der Waals surface area (Å²) in [5, 5.41) is 2.72. The second kappa shape index (κ2) is 7.10. The van der Waals surface area contributed by atoms with Crippen molar-refractivity contribution in [2.75, 3.05) is 26.7 Å². The number of carbonyl (C=O) groups excluding carboxylic acids is 1. The highest BCUT2D eigenvalue weighted by molar-refractivity contribution is 5.77. The summed E-state index contributed by atoms with van der Waals surface area (Å²) in [5.41, 5.74) is 6.11. The Morgan fingerprint density at radius 1 is 1.44 bits per heavy atom. The monoisotopic (exact) mass is 255 g/mol. The van der Waals surface area contributed by atoms with E-state index in [-0.39, 0.29) is 11.4 Å². The molecule has 0 aromatic heterocycles. The third kappa shape index (κ3) is 3.69. The second-order valence-corrected chi connectivity index (χ2v) is 5.71. The summed E-state index contributed by atoms with van der Waals surface area (Å²) in [5.74, 6) is 0.892. The number of nitrogens with two attached hydrogens (primary N) is 1. The van der Waals surface area contributed by atoms with Crippen molar-refractivity contribution in [2.45, 2.75) is 51.5 Å². The average Bonchev–Trinajstić information content (AvgIpc) is 2.39. The van der Waals surface area contributed by atoms with Crippen LogP contribution >= 0.6 is 0 Å². The van der Waals surface area contributed by atoms with Crippen molar-refractivity contribution in [3.05, 3.63) is 0 Å². The van der Waals surface area contributed by atoms with Gasteiger partial charge >= 0.3 is 0 Å². The summed E-state index contributed by atoms with van der Waals surface area (Å²) >= 11 is 0. The van der Waals surface area contributed by atoms with Crippen LogP contribution in [0.4, 0.5) is 0 Å². The second-order valence-electron chi connectivity index (χ2n) is 5.71. The molecule has 0 aromatic carbocycles. The number of rotatable bonds is 6. The van der Waals surface area contributed by atoms with Crippen LogP contribution < -0.4 is 11.1 Å². The third-order valence-electron chi connectivity index (χ3n) is 4.36. The first-order chi connectivity index (χ1) is 8.57. The molecule has 0 saturated heterocycles. The normalized spacial score (nSPS) is 28.4. The van der Waals surface area contributed by atoms with Crippen LogP contribution in [-0.2, 0) is 4.79 Å². The molecule has 0 aliphatic heterocycles. The lowest BCUT2D eigenvalue weighted by Crippen LogP contribution is -2.58. The zero-order chi connectivity index (χ0) is 13.6. The Hall–Kier alpha value is -0.610. The molecule has 4 nitrogen and oxygen atoms in total. The minimum Gasteiger partial charge on any atom is -0.358 e. The van der Waals surface area contributed by atoms with Gasteiger partial charge in [-0.05, 0) is 44.6 Å². The van der Waals surface area contributed by atoms with E-state index in [1.807, 2.05) is 0 Å². The molecule has 1 amide bonds. The van der Waals surface area contributed by atoms with Gasteiger partial charge in [-0.3, -0.25) is 9.69 Å².